The van der Waals surface area contributed by atoms with Crippen molar-refractivity contribution in [3.63, 3.8) is 0 Å². The van der Waals surface area contributed by atoms with Crippen molar-refractivity contribution >= 4 is 0 Å². The van der Waals surface area contributed by atoms with Crippen LogP contribution in [0.25, 0.3) is 0 Å². The molecule has 0 aliphatic carbocycles. The molecule has 0 aromatic heterocycles. The van der Waals surface area contributed by atoms with Gasteiger partial charge in [-0.05, 0) is 20.1 Å². The van der Waals surface area contributed by atoms with E-state index in [0.29, 0.717) is 12.0 Å². The third kappa shape index (κ3) is 3.25. The maximum atomic E-state index is 5.48. The summed E-state index contributed by atoms with van der Waals surface area (Å²) in [5, 5.41) is 3.47. The fourth-order valence-corrected chi connectivity index (χ4v) is 1.80. The van der Waals surface area contributed by atoms with Crippen LogP contribution in [0.4, 0.5) is 0 Å². The second-order valence-electron chi connectivity index (χ2n) is 3.82. The Morgan fingerprint density at radius 3 is 2.77 bits per heavy atom. The summed E-state index contributed by atoms with van der Waals surface area (Å²) in [6.45, 7) is 9.46. The fourth-order valence-electron chi connectivity index (χ4n) is 1.80. The molecule has 0 aromatic carbocycles. The molecule has 13 heavy (non-hydrogen) atoms. The summed E-state index contributed by atoms with van der Waals surface area (Å²) in [7, 11) is 2.17. The van der Waals surface area contributed by atoms with Gasteiger partial charge >= 0.3 is 0 Å². The van der Waals surface area contributed by atoms with Crippen LogP contribution in [0.3, 0.4) is 0 Å². The van der Waals surface area contributed by atoms with E-state index in [0.717, 1.165) is 32.8 Å². The predicted molar refractivity (Wildman–Crippen MR) is 54.9 cm³/mol. The molecule has 0 saturated carbocycles. The summed E-state index contributed by atoms with van der Waals surface area (Å²) in [5.41, 5.74) is 0. The molecule has 1 aliphatic heterocycles. The molecule has 0 spiro atoms. The van der Waals surface area contributed by atoms with Crippen LogP contribution in [0.5, 0.6) is 0 Å². The van der Waals surface area contributed by atoms with Gasteiger partial charge in [0.15, 0.2) is 0 Å². The van der Waals surface area contributed by atoms with Crippen molar-refractivity contribution in [2.24, 2.45) is 5.92 Å². The molecule has 78 valence electrons. The maximum Gasteiger partial charge on any atom is 0.0623 e. The average molecular weight is 186 g/mol. The Balaban J connectivity index is 2.30. The SMILES string of the molecule is CCNC1COCC1CN(C)CC. The van der Waals surface area contributed by atoms with Gasteiger partial charge in [0.25, 0.3) is 0 Å². The molecule has 0 amide bonds. The van der Waals surface area contributed by atoms with Crippen LogP contribution in [-0.2, 0) is 4.74 Å². The number of hydrogen-bond donors (Lipinski definition) is 1. The van der Waals surface area contributed by atoms with E-state index in [1.807, 2.05) is 0 Å². The van der Waals surface area contributed by atoms with Gasteiger partial charge in [0.2, 0.25) is 0 Å². The van der Waals surface area contributed by atoms with E-state index >= 15 is 0 Å². The van der Waals surface area contributed by atoms with Crippen molar-refractivity contribution in [3.05, 3.63) is 0 Å². The fraction of sp³-hybridized carbons (Fsp3) is 1.00. The quantitative estimate of drug-likeness (QED) is 0.679. The van der Waals surface area contributed by atoms with Gasteiger partial charge in [0.1, 0.15) is 0 Å². The van der Waals surface area contributed by atoms with Crippen molar-refractivity contribution in [2.45, 2.75) is 19.9 Å². The Kier molecular flexibility index (Phi) is 4.70. The number of nitrogens with zero attached hydrogens (tertiary/aromatic N) is 1. The minimum atomic E-state index is 0.569. The van der Waals surface area contributed by atoms with Gasteiger partial charge < -0.3 is 15.0 Å². The van der Waals surface area contributed by atoms with Crippen LogP contribution in [0.1, 0.15) is 13.8 Å². The van der Waals surface area contributed by atoms with Crippen molar-refractivity contribution < 1.29 is 4.74 Å². The minimum Gasteiger partial charge on any atom is -0.379 e. The van der Waals surface area contributed by atoms with Crippen molar-refractivity contribution in [1.82, 2.24) is 10.2 Å². The van der Waals surface area contributed by atoms with E-state index < -0.39 is 0 Å². The van der Waals surface area contributed by atoms with Gasteiger partial charge in [0.05, 0.1) is 13.2 Å². The van der Waals surface area contributed by atoms with E-state index in [-0.39, 0.29) is 0 Å². The average Bonchev–Trinajstić information content (AvgIpc) is 2.54. The Hall–Kier alpha value is -0.120. The molecule has 3 nitrogen and oxygen atoms in total. The van der Waals surface area contributed by atoms with Gasteiger partial charge in [-0.25, -0.2) is 0 Å². The molecule has 2 unspecified atom stereocenters. The Bertz CT molecular complexity index is 141. The second kappa shape index (κ2) is 5.58. The van der Waals surface area contributed by atoms with E-state index in [1.165, 1.54) is 0 Å². The zero-order valence-corrected chi connectivity index (χ0v) is 9.05. The molecular formula is C10H22N2O. The zero-order chi connectivity index (χ0) is 9.68. The zero-order valence-electron chi connectivity index (χ0n) is 9.05. The van der Waals surface area contributed by atoms with Crippen LogP contribution in [0, 0.1) is 5.92 Å². The largest absolute Gasteiger partial charge is 0.379 e. The molecule has 1 N–H and O–H groups in total. The second-order valence-corrected chi connectivity index (χ2v) is 3.82. The number of nitrogens with one attached hydrogen (secondary N) is 1. The molecule has 0 radical (unpaired) electrons. The maximum absolute atomic E-state index is 5.48. The van der Waals surface area contributed by atoms with Crippen molar-refractivity contribution in [1.29, 1.82) is 0 Å². The summed E-state index contributed by atoms with van der Waals surface area (Å²) in [4.78, 5) is 2.35. The number of rotatable bonds is 5. The first-order valence-electron chi connectivity index (χ1n) is 5.27. The number of ether oxygens (including phenoxy) is 1. The number of hydrogen-bond acceptors (Lipinski definition) is 3. The number of likely N-dealkylation sites (N-methyl/N-ethyl adjacent to an activating group) is 1. The van der Waals surface area contributed by atoms with Crippen molar-refractivity contribution in [2.75, 3.05) is 39.9 Å². The van der Waals surface area contributed by atoms with Crippen LogP contribution < -0.4 is 5.32 Å². The topological polar surface area (TPSA) is 24.5 Å². The third-order valence-electron chi connectivity index (χ3n) is 2.75. The molecule has 0 aromatic rings. The standard InChI is InChI=1S/C10H22N2O/c1-4-11-10-8-13-7-9(10)6-12(3)5-2/h9-11H,4-8H2,1-3H3. The monoisotopic (exact) mass is 186 g/mol. The Labute approximate surface area is 81.4 Å². The Morgan fingerprint density at radius 2 is 2.15 bits per heavy atom. The van der Waals surface area contributed by atoms with Crippen LogP contribution >= 0.6 is 0 Å². The van der Waals surface area contributed by atoms with Gasteiger partial charge in [0, 0.05) is 18.5 Å². The molecule has 3 heteroatoms. The van der Waals surface area contributed by atoms with E-state index in [2.05, 4.69) is 31.1 Å². The van der Waals surface area contributed by atoms with E-state index in [1.54, 1.807) is 0 Å². The highest BCUT2D eigenvalue weighted by Crippen LogP contribution is 2.14. The lowest BCUT2D eigenvalue weighted by atomic mass is 10.0. The summed E-state index contributed by atoms with van der Waals surface area (Å²) < 4.78 is 5.48. The molecule has 1 saturated heterocycles. The van der Waals surface area contributed by atoms with E-state index in [9.17, 15) is 0 Å². The highest BCUT2D eigenvalue weighted by atomic mass is 16.5. The van der Waals surface area contributed by atoms with Crippen LogP contribution in [-0.4, -0.2) is 50.8 Å². The molecule has 1 rings (SSSR count). The van der Waals surface area contributed by atoms with Gasteiger partial charge in [-0.1, -0.05) is 13.8 Å². The summed E-state index contributed by atoms with van der Waals surface area (Å²) >= 11 is 0. The summed E-state index contributed by atoms with van der Waals surface area (Å²) in [6.07, 6.45) is 0. The first-order chi connectivity index (χ1) is 6.27. The van der Waals surface area contributed by atoms with Crippen LogP contribution in [0.15, 0.2) is 0 Å². The first-order valence-corrected chi connectivity index (χ1v) is 5.27. The summed E-state index contributed by atoms with van der Waals surface area (Å²) in [6, 6.07) is 0.569. The molecular weight excluding hydrogens is 164 g/mol. The van der Waals surface area contributed by atoms with E-state index in [4.69, 9.17) is 4.74 Å². The molecule has 1 aliphatic rings. The molecule has 0 bridgehead atoms. The predicted octanol–water partition coefficient (Wildman–Crippen LogP) is 0.563. The lowest BCUT2D eigenvalue weighted by Gasteiger charge is -2.23. The van der Waals surface area contributed by atoms with Gasteiger partial charge in [-0.2, -0.15) is 0 Å². The van der Waals surface area contributed by atoms with Gasteiger partial charge in [-0.15, -0.1) is 0 Å². The molecule has 1 fully saturated rings. The highest BCUT2D eigenvalue weighted by Gasteiger charge is 2.27. The summed E-state index contributed by atoms with van der Waals surface area (Å²) in [5.74, 6) is 0.671. The van der Waals surface area contributed by atoms with Gasteiger partial charge in [-0.3, -0.25) is 0 Å². The first kappa shape index (κ1) is 11.0. The molecule has 1 heterocycles. The normalized spacial score (nSPS) is 28.6. The third-order valence-corrected chi connectivity index (χ3v) is 2.75. The lowest BCUT2D eigenvalue weighted by Crippen LogP contribution is -2.40. The smallest absolute Gasteiger partial charge is 0.0623 e. The Morgan fingerprint density at radius 1 is 1.38 bits per heavy atom. The molecule has 2 atom stereocenters. The van der Waals surface area contributed by atoms with Crippen molar-refractivity contribution in [3.8, 4) is 0 Å². The van der Waals surface area contributed by atoms with Crippen LogP contribution in [0.2, 0.25) is 0 Å². The lowest BCUT2D eigenvalue weighted by molar-refractivity contribution is 0.174. The minimum absolute atomic E-state index is 0.569. The highest BCUT2D eigenvalue weighted by molar-refractivity contribution is 4.82.